The number of rotatable bonds is 3. The topological polar surface area (TPSA) is 83.8 Å². The van der Waals surface area contributed by atoms with Gasteiger partial charge in [0.25, 0.3) is 0 Å². The summed E-state index contributed by atoms with van der Waals surface area (Å²) in [5.74, 6) is -0.665. The minimum absolute atomic E-state index is 0.0553. The minimum atomic E-state index is -1.35. The molecule has 0 aromatic rings. The number of Topliss-reactive ketones (excluding diaryl/α,β-unsaturated/α-hetero) is 1. The first-order valence-corrected chi connectivity index (χ1v) is 8.17. The molecule has 0 bridgehead atoms. The van der Waals surface area contributed by atoms with E-state index in [-0.39, 0.29) is 35.4 Å². The Kier molecular flexibility index (Phi) is 4.69. The molecule has 7 unspecified atom stereocenters. The third-order valence-electron chi connectivity index (χ3n) is 5.80. The van der Waals surface area contributed by atoms with E-state index in [1.54, 1.807) is 13.8 Å². The van der Waals surface area contributed by atoms with Gasteiger partial charge in [0.1, 0.15) is 18.0 Å². The zero-order valence-corrected chi connectivity index (χ0v) is 14.1. The molecule has 2 fully saturated rings. The number of ether oxygens (including phenoxy) is 1. The monoisotopic (exact) mass is 312 g/mol. The van der Waals surface area contributed by atoms with Crippen molar-refractivity contribution in [1.82, 2.24) is 0 Å². The van der Waals surface area contributed by atoms with Crippen molar-refractivity contribution in [3.63, 3.8) is 0 Å². The molecule has 5 heteroatoms. The van der Waals surface area contributed by atoms with Gasteiger partial charge in [-0.2, -0.15) is 0 Å². The predicted octanol–water partition coefficient (Wildman–Crippen LogP) is 1.55. The van der Waals surface area contributed by atoms with Crippen molar-refractivity contribution in [2.75, 3.05) is 0 Å². The quantitative estimate of drug-likeness (QED) is 0.772. The van der Waals surface area contributed by atoms with Crippen LogP contribution in [0.25, 0.3) is 0 Å². The van der Waals surface area contributed by atoms with Gasteiger partial charge in [-0.05, 0) is 44.4 Å². The van der Waals surface area contributed by atoms with Crippen LogP contribution in [0.2, 0.25) is 0 Å². The normalized spacial score (nSPS) is 44.7. The Labute approximate surface area is 132 Å². The molecule has 2 rings (SSSR count). The standard InChI is InChI=1S/C17H28O5/c1-8(2)13-14-11(9(3)18)6-7-12(14)17(5,21)16(20)15(13)22-10(4)19/h8,11-16,20-21H,6-7H2,1-5H3. The van der Waals surface area contributed by atoms with Gasteiger partial charge in [-0.3, -0.25) is 9.59 Å². The summed E-state index contributed by atoms with van der Waals surface area (Å²) in [7, 11) is 0. The van der Waals surface area contributed by atoms with Crippen molar-refractivity contribution in [3.05, 3.63) is 0 Å². The summed E-state index contributed by atoms with van der Waals surface area (Å²) in [5, 5.41) is 21.5. The van der Waals surface area contributed by atoms with E-state index in [9.17, 15) is 19.8 Å². The van der Waals surface area contributed by atoms with Crippen LogP contribution < -0.4 is 0 Å². The molecule has 0 heterocycles. The average Bonchev–Trinajstić information content (AvgIpc) is 2.80. The summed E-state index contributed by atoms with van der Waals surface area (Å²) in [6, 6.07) is 0. The first-order valence-electron chi connectivity index (χ1n) is 8.17. The molecule has 0 spiro atoms. The van der Waals surface area contributed by atoms with Crippen molar-refractivity contribution in [2.45, 2.75) is 65.3 Å². The number of aliphatic hydroxyl groups is 2. The molecule has 0 aromatic carbocycles. The summed E-state index contributed by atoms with van der Waals surface area (Å²) < 4.78 is 5.39. The molecule has 2 aliphatic rings. The first kappa shape index (κ1) is 17.4. The number of ketones is 1. The number of carbonyl (C=O) groups excluding carboxylic acids is 2. The van der Waals surface area contributed by atoms with Crippen molar-refractivity contribution in [1.29, 1.82) is 0 Å². The summed E-state index contributed by atoms with van der Waals surface area (Å²) >= 11 is 0. The average molecular weight is 312 g/mol. The number of esters is 1. The van der Waals surface area contributed by atoms with Crippen LogP contribution in [0.1, 0.15) is 47.5 Å². The Hall–Kier alpha value is -0.940. The van der Waals surface area contributed by atoms with Gasteiger partial charge in [0.05, 0.1) is 5.60 Å². The van der Waals surface area contributed by atoms with E-state index in [0.29, 0.717) is 0 Å². The van der Waals surface area contributed by atoms with E-state index >= 15 is 0 Å². The van der Waals surface area contributed by atoms with Gasteiger partial charge in [0, 0.05) is 18.8 Å². The van der Waals surface area contributed by atoms with E-state index in [1.807, 2.05) is 13.8 Å². The Morgan fingerprint density at radius 3 is 2.27 bits per heavy atom. The molecule has 2 aliphatic carbocycles. The molecule has 0 amide bonds. The summed E-state index contributed by atoms with van der Waals surface area (Å²) in [4.78, 5) is 23.5. The van der Waals surface area contributed by atoms with Gasteiger partial charge < -0.3 is 14.9 Å². The number of hydrogen-bond donors (Lipinski definition) is 2. The Balaban J connectivity index is 2.47. The van der Waals surface area contributed by atoms with Gasteiger partial charge in [0.15, 0.2) is 0 Å². The molecule has 7 atom stereocenters. The summed E-state index contributed by atoms with van der Waals surface area (Å²) in [6.45, 7) is 8.53. The lowest BCUT2D eigenvalue weighted by atomic mass is 9.58. The number of carbonyl (C=O) groups is 2. The fraction of sp³-hybridized carbons (Fsp3) is 0.882. The highest BCUT2D eigenvalue weighted by atomic mass is 16.6. The fourth-order valence-corrected chi connectivity index (χ4v) is 4.86. The van der Waals surface area contributed by atoms with Crippen LogP contribution in [0.5, 0.6) is 0 Å². The zero-order valence-electron chi connectivity index (χ0n) is 14.1. The maximum Gasteiger partial charge on any atom is 0.303 e. The van der Waals surface area contributed by atoms with E-state index in [4.69, 9.17) is 4.74 Å². The fourth-order valence-electron chi connectivity index (χ4n) is 4.86. The molecule has 2 saturated carbocycles. The molecule has 126 valence electrons. The highest BCUT2D eigenvalue weighted by molar-refractivity contribution is 5.79. The largest absolute Gasteiger partial charge is 0.459 e. The maximum atomic E-state index is 12.0. The van der Waals surface area contributed by atoms with Crippen molar-refractivity contribution < 1.29 is 24.5 Å². The van der Waals surface area contributed by atoms with Gasteiger partial charge in [-0.25, -0.2) is 0 Å². The van der Waals surface area contributed by atoms with E-state index in [0.717, 1.165) is 12.8 Å². The lowest BCUT2D eigenvalue weighted by molar-refractivity contribution is -0.225. The molecule has 2 N–H and O–H groups in total. The molecule has 0 aromatic heterocycles. The third-order valence-corrected chi connectivity index (χ3v) is 5.80. The van der Waals surface area contributed by atoms with Gasteiger partial charge >= 0.3 is 5.97 Å². The number of hydrogen-bond acceptors (Lipinski definition) is 5. The second-order valence-corrected chi connectivity index (χ2v) is 7.54. The molecule has 5 nitrogen and oxygen atoms in total. The van der Waals surface area contributed by atoms with Crippen LogP contribution in [0.3, 0.4) is 0 Å². The molecule has 0 aliphatic heterocycles. The lowest BCUT2D eigenvalue weighted by Gasteiger charge is -2.52. The molecule has 0 radical (unpaired) electrons. The molecule has 22 heavy (non-hydrogen) atoms. The molecular weight excluding hydrogens is 284 g/mol. The van der Waals surface area contributed by atoms with Gasteiger partial charge in [-0.1, -0.05) is 13.8 Å². The van der Waals surface area contributed by atoms with Crippen LogP contribution in [0, 0.1) is 29.6 Å². The molecular formula is C17H28O5. The number of aliphatic hydroxyl groups excluding tert-OH is 1. The van der Waals surface area contributed by atoms with Crippen LogP contribution >= 0.6 is 0 Å². The van der Waals surface area contributed by atoms with Crippen molar-refractivity contribution in [3.8, 4) is 0 Å². The third kappa shape index (κ3) is 2.69. The highest BCUT2D eigenvalue weighted by Gasteiger charge is 2.62. The van der Waals surface area contributed by atoms with E-state index < -0.39 is 23.8 Å². The Bertz CT molecular complexity index is 456. The summed E-state index contributed by atoms with van der Waals surface area (Å²) in [6.07, 6.45) is -0.456. The first-order chi connectivity index (χ1) is 10.1. The van der Waals surface area contributed by atoms with Crippen molar-refractivity contribution >= 4 is 11.8 Å². The zero-order chi connectivity index (χ0) is 16.8. The van der Waals surface area contributed by atoms with Crippen LogP contribution in [-0.4, -0.2) is 39.8 Å². The van der Waals surface area contributed by atoms with E-state index in [2.05, 4.69) is 0 Å². The van der Waals surface area contributed by atoms with E-state index in [1.165, 1.54) is 6.92 Å². The van der Waals surface area contributed by atoms with Crippen LogP contribution in [0.4, 0.5) is 0 Å². The van der Waals surface area contributed by atoms with Crippen LogP contribution in [0.15, 0.2) is 0 Å². The maximum absolute atomic E-state index is 12.0. The SMILES string of the molecule is CC(=O)OC1C(C(C)C)C2C(C(C)=O)CCC2C(C)(O)C1O. The van der Waals surface area contributed by atoms with Crippen LogP contribution in [-0.2, 0) is 14.3 Å². The molecule has 0 saturated heterocycles. The lowest BCUT2D eigenvalue weighted by Crippen LogP contribution is -2.64. The highest BCUT2D eigenvalue weighted by Crippen LogP contribution is 2.55. The Morgan fingerprint density at radius 1 is 1.23 bits per heavy atom. The minimum Gasteiger partial charge on any atom is -0.459 e. The smallest absolute Gasteiger partial charge is 0.303 e. The predicted molar refractivity (Wildman–Crippen MR) is 80.9 cm³/mol. The second-order valence-electron chi connectivity index (χ2n) is 7.54. The Morgan fingerprint density at radius 2 is 1.82 bits per heavy atom. The van der Waals surface area contributed by atoms with Gasteiger partial charge in [0.2, 0.25) is 0 Å². The summed E-state index contributed by atoms with van der Waals surface area (Å²) in [5.41, 5.74) is -1.35. The van der Waals surface area contributed by atoms with Crippen molar-refractivity contribution in [2.24, 2.45) is 29.6 Å². The number of fused-ring (bicyclic) bond motifs is 1. The second kappa shape index (κ2) is 5.93. The van der Waals surface area contributed by atoms with Gasteiger partial charge in [-0.15, -0.1) is 0 Å².